The van der Waals surface area contributed by atoms with Crippen LogP contribution in [0, 0.1) is 0 Å². The standard InChI is InChI=1S/C6H6.BH3.H3N/c1-2-4-6-5-3-1;;/h1-6H;2*1H3. The molecule has 0 aliphatic heterocycles. The van der Waals surface area contributed by atoms with Gasteiger partial charge in [0.2, 0.25) is 0 Å². The van der Waals surface area contributed by atoms with Crippen molar-refractivity contribution in [2.75, 3.05) is 0 Å². The van der Waals surface area contributed by atoms with Crippen LogP contribution in [-0.4, -0.2) is 8.41 Å². The van der Waals surface area contributed by atoms with Gasteiger partial charge in [-0.1, -0.05) is 36.4 Å². The van der Waals surface area contributed by atoms with E-state index in [0.29, 0.717) is 0 Å². The molecular weight excluding hydrogens is 96.9 g/mol. The van der Waals surface area contributed by atoms with Crippen LogP contribution in [0.2, 0.25) is 0 Å². The van der Waals surface area contributed by atoms with Gasteiger partial charge < -0.3 is 6.15 Å². The van der Waals surface area contributed by atoms with Crippen molar-refractivity contribution in [2.45, 2.75) is 0 Å². The Hall–Kier alpha value is -0.755. The van der Waals surface area contributed by atoms with E-state index in [1.54, 1.807) is 0 Å². The first kappa shape index (κ1) is 10.3. The summed E-state index contributed by atoms with van der Waals surface area (Å²) >= 11 is 0. The fourth-order valence-corrected chi connectivity index (χ4v) is 0.385. The molecule has 0 saturated heterocycles. The van der Waals surface area contributed by atoms with Gasteiger partial charge in [-0.15, -0.1) is 0 Å². The van der Waals surface area contributed by atoms with E-state index < -0.39 is 0 Å². The Morgan fingerprint density at radius 3 is 0.750 bits per heavy atom. The molecule has 3 N–H and O–H groups in total. The van der Waals surface area contributed by atoms with Crippen molar-refractivity contribution < 1.29 is 0 Å². The van der Waals surface area contributed by atoms with Crippen molar-refractivity contribution in [2.24, 2.45) is 0 Å². The molecule has 1 rings (SSSR count). The highest BCUT2D eigenvalue weighted by molar-refractivity contribution is 5.75. The van der Waals surface area contributed by atoms with Crippen LogP contribution < -0.4 is 6.15 Å². The average molecular weight is 109 g/mol. The minimum atomic E-state index is 0. The van der Waals surface area contributed by atoms with Gasteiger partial charge in [0, 0.05) is 0 Å². The van der Waals surface area contributed by atoms with Crippen molar-refractivity contribution in [1.29, 1.82) is 0 Å². The number of rotatable bonds is 0. The molecule has 1 nitrogen and oxygen atoms in total. The monoisotopic (exact) mass is 109 g/mol. The third-order valence-electron chi connectivity index (χ3n) is 0.667. The van der Waals surface area contributed by atoms with E-state index in [9.17, 15) is 0 Å². The van der Waals surface area contributed by atoms with Gasteiger partial charge in [0.1, 0.15) is 0 Å². The zero-order valence-electron chi connectivity index (χ0n) is 4.17. The molecular formula is C6H12BN. The molecule has 0 saturated carbocycles. The lowest BCUT2D eigenvalue weighted by Crippen LogP contribution is -1.47. The summed E-state index contributed by atoms with van der Waals surface area (Å²) in [5.74, 6) is 0. The quantitative estimate of drug-likeness (QED) is 0.488. The summed E-state index contributed by atoms with van der Waals surface area (Å²) < 4.78 is 0. The van der Waals surface area contributed by atoms with Crippen LogP contribution >= 0.6 is 0 Å². The van der Waals surface area contributed by atoms with Gasteiger partial charge in [0.15, 0.2) is 0 Å². The van der Waals surface area contributed by atoms with Crippen LogP contribution in [0.4, 0.5) is 0 Å². The van der Waals surface area contributed by atoms with Gasteiger partial charge in [-0.05, 0) is 0 Å². The second kappa shape index (κ2) is 6.24. The van der Waals surface area contributed by atoms with Gasteiger partial charge in [-0.2, -0.15) is 0 Å². The van der Waals surface area contributed by atoms with E-state index in [4.69, 9.17) is 0 Å². The van der Waals surface area contributed by atoms with Crippen LogP contribution in [0.15, 0.2) is 36.4 Å². The molecule has 2 heteroatoms. The fraction of sp³-hybridized carbons (Fsp3) is 0. The molecule has 0 aliphatic carbocycles. The Kier molecular flexibility index (Phi) is 8.02. The van der Waals surface area contributed by atoms with E-state index in [1.807, 2.05) is 36.4 Å². The molecule has 0 aliphatic rings. The topological polar surface area (TPSA) is 35.0 Å². The maximum absolute atomic E-state index is 2.00. The predicted molar refractivity (Wildman–Crippen MR) is 41.4 cm³/mol. The Bertz CT molecular complexity index is 80.5. The van der Waals surface area contributed by atoms with Gasteiger partial charge in [0.05, 0.1) is 8.41 Å². The lowest BCUT2D eigenvalue weighted by molar-refractivity contribution is 1.72. The highest BCUT2D eigenvalue weighted by atomic mass is 14.0. The maximum atomic E-state index is 2.00. The third-order valence-corrected chi connectivity index (χ3v) is 0.667. The number of benzene rings is 1. The summed E-state index contributed by atoms with van der Waals surface area (Å²) in [6.07, 6.45) is 0. The predicted octanol–water partition coefficient (Wildman–Crippen LogP) is 0.665. The van der Waals surface area contributed by atoms with Crippen LogP contribution in [0.5, 0.6) is 0 Å². The lowest BCUT2D eigenvalue weighted by Gasteiger charge is -1.69. The second-order valence-electron chi connectivity index (χ2n) is 1.15. The Morgan fingerprint density at radius 1 is 0.500 bits per heavy atom. The SMILES string of the molecule is B.N.c1ccccc1. The van der Waals surface area contributed by atoms with Gasteiger partial charge in [-0.25, -0.2) is 0 Å². The van der Waals surface area contributed by atoms with Crippen LogP contribution in [0.25, 0.3) is 0 Å². The van der Waals surface area contributed by atoms with Crippen LogP contribution in [0.3, 0.4) is 0 Å². The van der Waals surface area contributed by atoms with Crippen LogP contribution in [-0.2, 0) is 0 Å². The minimum Gasteiger partial charge on any atom is -0.344 e. The number of hydrogen-bond donors (Lipinski definition) is 1. The molecule has 8 heavy (non-hydrogen) atoms. The summed E-state index contributed by atoms with van der Waals surface area (Å²) in [7, 11) is 0. The first-order valence-corrected chi connectivity index (χ1v) is 2.00. The molecule has 0 fully saturated rings. The van der Waals surface area contributed by atoms with E-state index in [2.05, 4.69) is 0 Å². The van der Waals surface area contributed by atoms with Crippen molar-refractivity contribution >= 4 is 8.41 Å². The highest BCUT2D eigenvalue weighted by Crippen LogP contribution is 1.79. The van der Waals surface area contributed by atoms with Gasteiger partial charge >= 0.3 is 0 Å². The summed E-state index contributed by atoms with van der Waals surface area (Å²) in [6, 6.07) is 12.0. The first-order chi connectivity index (χ1) is 3.00. The fourth-order valence-electron chi connectivity index (χ4n) is 0.385. The van der Waals surface area contributed by atoms with E-state index >= 15 is 0 Å². The largest absolute Gasteiger partial charge is 0.344 e. The third kappa shape index (κ3) is 3.44. The van der Waals surface area contributed by atoms with E-state index in [-0.39, 0.29) is 14.6 Å². The zero-order valence-corrected chi connectivity index (χ0v) is 4.17. The number of hydrogen-bond acceptors (Lipinski definition) is 1. The van der Waals surface area contributed by atoms with Crippen molar-refractivity contribution in [3.63, 3.8) is 0 Å². The molecule has 1 aromatic rings. The lowest BCUT2D eigenvalue weighted by atomic mass is 10.4. The van der Waals surface area contributed by atoms with Gasteiger partial charge in [0.25, 0.3) is 0 Å². The molecule has 0 aromatic heterocycles. The molecule has 0 atom stereocenters. The molecule has 0 radical (unpaired) electrons. The smallest absolute Gasteiger partial charge is 0.0814 e. The van der Waals surface area contributed by atoms with Crippen molar-refractivity contribution in [3.05, 3.63) is 36.4 Å². The Balaban J connectivity index is 0. The summed E-state index contributed by atoms with van der Waals surface area (Å²) in [5, 5.41) is 0. The molecule has 44 valence electrons. The summed E-state index contributed by atoms with van der Waals surface area (Å²) in [6.45, 7) is 0. The normalized spacial score (nSPS) is 6.00. The molecule has 0 bridgehead atoms. The van der Waals surface area contributed by atoms with E-state index in [1.165, 1.54) is 0 Å². The zero-order chi connectivity index (χ0) is 4.24. The molecule has 0 spiro atoms. The first-order valence-electron chi connectivity index (χ1n) is 2.00. The Labute approximate surface area is 51.9 Å². The second-order valence-corrected chi connectivity index (χ2v) is 1.15. The molecule has 0 heterocycles. The van der Waals surface area contributed by atoms with Gasteiger partial charge in [-0.3, -0.25) is 0 Å². The molecule has 0 unspecified atom stereocenters. The van der Waals surface area contributed by atoms with Crippen molar-refractivity contribution in [1.82, 2.24) is 6.15 Å². The highest BCUT2D eigenvalue weighted by Gasteiger charge is 1.57. The summed E-state index contributed by atoms with van der Waals surface area (Å²) in [4.78, 5) is 0. The maximum Gasteiger partial charge on any atom is 0.0814 e. The van der Waals surface area contributed by atoms with E-state index in [0.717, 1.165) is 0 Å². The molecule has 0 amide bonds. The molecule has 1 aromatic carbocycles. The minimum absolute atomic E-state index is 0. The Morgan fingerprint density at radius 2 is 0.625 bits per heavy atom. The summed E-state index contributed by atoms with van der Waals surface area (Å²) in [5.41, 5.74) is 0. The average Bonchev–Trinajstić information content (AvgIpc) is 1.72. The van der Waals surface area contributed by atoms with Crippen molar-refractivity contribution in [3.8, 4) is 0 Å². The van der Waals surface area contributed by atoms with Crippen LogP contribution in [0.1, 0.15) is 0 Å².